The van der Waals surface area contributed by atoms with Crippen LogP contribution in [-0.4, -0.2) is 52.2 Å². The molecule has 6 nitrogen and oxygen atoms in total. The number of aryl methyl sites for hydroxylation is 2. The normalized spacial score (nSPS) is 21.1. The number of ether oxygens (including phenoxy) is 1. The van der Waals surface area contributed by atoms with Gasteiger partial charge in [0.15, 0.2) is 0 Å². The minimum absolute atomic E-state index is 0.0955. The Morgan fingerprint density at radius 2 is 1.88 bits per heavy atom. The molecule has 1 aliphatic heterocycles. The molecule has 1 saturated heterocycles. The van der Waals surface area contributed by atoms with Gasteiger partial charge >= 0.3 is 6.09 Å². The van der Waals surface area contributed by atoms with Crippen LogP contribution in [0.15, 0.2) is 0 Å². The monoisotopic (exact) mass is 346 g/mol. The summed E-state index contributed by atoms with van der Waals surface area (Å²) in [4.78, 5) is 26.0. The second-order valence-corrected chi connectivity index (χ2v) is 8.20. The molecule has 138 valence electrons. The van der Waals surface area contributed by atoms with Gasteiger partial charge in [0, 0.05) is 36.9 Å². The van der Waals surface area contributed by atoms with Crippen LogP contribution in [0, 0.1) is 6.92 Å². The smallest absolute Gasteiger partial charge is 0.410 e. The average Bonchev–Trinajstić information content (AvgIpc) is 2.52. The summed E-state index contributed by atoms with van der Waals surface area (Å²) in [6.07, 6.45) is 4.32. The number of anilines is 1. The Balaban J connectivity index is 1.75. The van der Waals surface area contributed by atoms with Gasteiger partial charge in [-0.3, -0.25) is 0 Å². The fourth-order valence-electron chi connectivity index (χ4n) is 3.70. The van der Waals surface area contributed by atoms with E-state index in [1.807, 2.05) is 32.6 Å². The molecule has 6 heteroatoms. The first kappa shape index (κ1) is 18.0. The lowest BCUT2D eigenvalue weighted by Gasteiger charge is -2.41. The number of rotatable bonds is 1. The van der Waals surface area contributed by atoms with Gasteiger partial charge in [0.1, 0.15) is 17.2 Å². The van der Waals surface area contributed by atoms with Crippen molar-refractivity contribution in [2.45, 2.75) is 71.9 Å². The molecule has 0 aromatic carbocycles. The van der Waals surface area contributed by atoms with Crippen molar-refractivity contribution in [1.29, 1.82) is 0 Å². The van der Waals surface area contributed by atoms with Gasteiger partial charge in [-0.2, -0.15) is 0 Å². The molecule has 2 heterocycles. The second kappa shape index (κ2) is 6.81. The van der Waals surface area contributed by atoms with Gasteiger partial charge in [-0.15, -0.1) is 0 Å². The summed E-state index contributed by atoms with van der Waals surface area (Å²) in [5, 5.41) is 0. The zero-order valence-electron chi connectivity index (χ0n) is 16.1. The SMILES string of the molecule is Cc1nc2c(c(N3CCN(C(=O)OC(C)(C)C)[C@H](C)C3)n1)CCCC2. The maximum atomic E-state index is 12.4. The lowest BCUT2D eigenvalue weighted by Crippen LogP contribution is -2.55. The number of carbonyl (C=O) groups excluding carboxylic acids is 1. The molecule has 1 atom stereocenters. The maximum absolute atomic E-state index is 12.4. The third-order valence-electron chi connectivity index (χ3n) is 4.83. The molecule has 0 bridgehead atoms. The van der Waals surface area contributed by atoms with Crippen molar-refractivity contribution in [3.05, 3.63) is 17.1 Å². The first-order chi connectivity index (χ1) is 11.7. The lowest BCUT2D eigenvalue weighted by atomic mass is 9.95. The third-order valence-corrected chi connectivity index (χ3v) is 4.83. The van der Waals surface area contributed by atoms with E-state index in [0.29, 0.717) is 6.54 Å². The fourth-order valence-corrected chi connectivity index (χ4v) is 3.70. The van der Waals surface area contributed by atoms with Gasteiger partial charge in [-0.05, 0) is 60.3 Å². The number of piperazine rings is 1. The van der Waals surface area contributed by atoms with E-state index in [9.17, 15) is 4.79 Å². The number of carbonyl (C=O) groups is 1. The lowest BCUT2D eigenvalue weighted by molar-refractivity contribution is 0.0158. The molecule has 1 aromatic rings. The van der Waals surface area contributed by atoms with Crippen molar-refractivity contribution in [1.82, 2.24) is 14.9 Å². The number of fused-ring (bicyclic) bond motifs is 1. The van der Waals surface area contributed by atoms with E-state index in [0.717, 1.165) is 37.6 Å². The minimum Gasteiger partial charge on any atom is -0.444 e. The van der Waals surface area contributed by atoms with E-state index in [-0.39, 0.29) is 12.1 Å². The molecule has 1 fully saturated rings. The van der Waals surface area contributed by atoms with Gasteiger partial charge in [0.25, 0.3) is 0 Å². The van der Waals surface area contributed by atoms with Crippen molar-refractivity contribution in [2.24, 2.45) is 0 Å². The topological polar surface area (TPSA) is 58.6 Å². The number of hydrogen-bond acceptors (Lipinski definition) is 5. The Morgan fingerprint density at radius 1 is 1.16 bits per heavy atom. The highest BCUT2D eigenvalue weighted by Crippen LogP contribution is 2.29. The van der Waals surface area contributed by atoms with Crippen molar-refractivity contribution in [3.63, 3.8) is 0 Å². The molecular formula is C19H30N4O2. The van der Waals surface area contributed by atoms with E-state index in [1.165, 1.54) is 24.1 Å². The van der Waals surface area contributed by atoms with Crippen LogP contribution in [-0.2, 0) is 17.6 Å². The number of hydrogen-bond donors (Lipinski definition) is 0. The Hall–Kier alpha value is -1.85. The molecule has 1 amide bonds. The molecule has 2 aliphatic rings. The Labute approximate surface area is 150 Å². The predicted molar refractivity (Wildman–Crippen MR) is 98.0 cm³/mol. The fraction of sp³-hybridized carbons (Fsp3) is 0.737. The van der Waals surface area contributed by atoms with Crippen LogP contribution < -0.4 is 4.90 Å². The van der Waals surface area contributed by atoms with Gasteiger partial charge < -0.3 is 14.5 Å². The zero-order chi connectivity index (χ0) is 18.2. The molecular weight excluding hydrogens is 316 g/mol. The van der Waals surface area contributed by atoms with Crippen molar-refractivity contribution >= 4 is 11.9 Å². The first-order valence-electron chi connectivity index (χ1n) is 9.35. The summed E-state index contributed by atoms with van der Waals surface area (Å²) >= 11 is 0. The third kappa shape index (κ3) is 4.05. The van der Waals surface area contributed by atoms with Gasteiger partial charge in [-0.1, -0.05) is 0 Å². The number of nitrogens with zero attached hydrogens (tertiary/aromatic N) is 4. The largest absolute Gasteiger partial charge is 0.444 e. The minimum atomic E-state index is -0.462. The molecule has 1 aromatic heterocycles. The van der Waals surface area contributed by atoms with Crippen molar-refractivity contribution in [2.75, 3.05) is 24.5 Å². The highest BCUT2D eigenvalue weighted by molar-refractivity contribution is 5.69. The van der Waals surface area contributed by atoms with Crippen LogP contribution in [0.4, 0.5) is 10.6 Å². The molecule has 3 rings (SSSR count). The summed E-state index contributed by atoms with van der Waals surface area (Å²) in [5.74, 6) is 1.93. The van der Waals surface area contributed by atoms with Gasteiger partial charge in [-0.25, -0.2) is 14.8 Å². The van der Waals surface area contributed by atoms with E-state index < -0.39 is 5.60 Å². The summed E-state index contributed by atoms with van der Waals surface area (Å²) < 4.78 is 5.54. The number of aromatic nitrogens is 2. The van der Waals surface area contributed by atoms with Crippen LogP contribution in [0.5, 0.6) is 0 Å². The van der Waals surface area contributed by atoms with Crippen LogP contribution >= 0.6 is 0 Å². The molecule has 0 spiro atoms. The zero-order valence-corrected chi connectivity index (χ0v) is 16.1. The molecule has 25 heavy (non-hydrogen) atoms. The second-order valence-electron chi connectivity index (χ2n) is 8.20. The van der Waals surface area contributed by atoms with E-state index in [4.69, 9.17) is 9.72 Å². The Bertz CT molecular complexity index is 654. The van der Waals surface area contributed by atoms with Crippen LogP contribution in [0.25, 0.3) is 0 Å². The highest BCUT2D eigenvalue weighted by atomic mass is 16.6. The highest BCUT2D eigenvalue weighted by Gasteiger charge is 2.32. The van der Waals surface area contributed by atoms with Crippen molar-refractivity contribution in [3.8, 4) is 0 Å². The maximum Gasteiger partial charge on any atom is 0.410 e. The predicted octanol–water partition coefficient (Wildman–Crippen LogP) is 3.11. The van der Waals surface area contributed by atoms with E-state index in [1.54, 1.807) is 0 Å². The quantitative estimate of drug-likeness (QED) is 0.782. The standard InChI is InChI=1S/C19H30N4O2/c1-13-12-22(10-11-23(13)18(24)25-19(3,4)5)17-15-8-6-7-9-16(15)20-14(2)21-17/h13H,6-12H2,1-5H3/t13-/m1/s1. The van der Waals surface area contributed by atoms with Gasteiger partial charge in [0.05, 0.1) is 0 Å². The van der Waals surface area contributed by atoms with E-state index >= 15 is 0 Å². The Morgan fingerprint density at radius 3 is 2.56 bits per heavy atom. The Kier molecular flexibility index (Phi) is 4.89. The van der Waals surface area contributed by atoms with Crippen LogP contribution in [0.2, 0.25) is 0 Å². The van der Waals surface area contributed by atoms with E-state index in [2.05, 4.69) is 16.8 Å². The molecule has 0 radical (unpaired) electrons. The van der Waals surface area contributed by atoms with Crippen molar-refractivity contribution < 1.29 is 9.53 Å². The van der Waals surface area contributed by atoms with Crippen LogP contribution in [0.1, 0.15) is 57.6 Å². The summed E-state index contributed by atoms with van der Waals surface area (Å²) in [7, 11) is 0. The summed E-state index contributed by atoms with van der Waals surface area (Å²) in [6.45, 7) is 12.0. The average molecular weight is 346 g/mol. The molecule has 0 unspecified atom stereocenters. The molecule has 0 N–H and O–H groups in total. The molecule has 1 aliphatic carbocycles. The summed E-state index contributed by atoms with van der Waals surface area (Å²) in [6, 6.07) is 0.0955. The first-order valence-corrected chi connectivity index (χ1v) is 9.35. The number of amides is 1. The van der Waals surface area contributed by atoms with Crippen LogP contribution in [0.3, 0.4) is 0 Å². The molecule has 0 saturated carbocycles. The van der Waals surface area contributed by atoms with Gasteiger partial charge in [0.2, 0.25) is 0 Å². The summed E-state index contributed by atoms with van der Waals surface area (Å²) in [5.41, 5.74) is 2.07.